The third-order valence-electron chi connectivity index (χ3n) is 3.68. The van der Waals surface area contributed by atoms with Crippen LogP contribution in [0.3, 0.4) is 0 Å². The van der Waals surface area contributed by atoms with Gasteiger partial charge in [-0.15, -0.1) is 0 Å². The van der Waals surface area contributed by atoms with Crippen molar-refractivity contribution in [3.05, 3.63) is 82.3 Å². The zero-order chi connectivity index (χ0) is 18.7. The Morgan fingerprint density at radius 1 is 1.19 bits per heavy atom. The average Bonchev–Trinajstić information content (AvgIpc) is 3.09. The SMILES string of the molecule is N#C/C(=C/c1ccc(-c2cc(C(=O)O)ccc2Cl)o1)c1ccccc1F. The van der Waals surface area contributed by atoms with Gasteiger partial charge >= 0.3 is 5.97 Å². The van der Waals surface area contributed by atoms with E-state index in [4.69, 9.17) is 21.1 Å². The lowest BCUT2D eigenvalue weighted by Crippen LogP contribution is -1.96. The maximum Gasteiger partial charge on any atom is 0.335 e. The first-order valence-electron chi connectivity index (χ1n) is 7.49. The number of aromatic carboxylic acids is 1. The number of carboxylic acid groups (broad SMARTS) is 1. The Kier molecular flexibility index (Phi) is 4.87. The first kappa shape index (κ1) is 17.5. The fourth-order valence-corrected chi connectivity index (χ4v) is 2.63. The maximum atomic E-state index is 13.9. The van der Waals surface area contributed by atoms with Gasteiger partial charge in [0.25, 0.3) is 0 Å². The predicted molar refractivity (Wildman–Crippen MR) is 96.0 cm³/mol. The van der Waals surface area contributed by atoms with Crippen molar-refractivity contribution in [3.63, 3.8) is 0 Å². The highest BCUT2D eigenvalue weighted by Gasteiger charge is 2.13. The monoisotopic (exact) mass is 367 g/mol. The number of rotatable bonds is 4. The molecule has 3 rings (SSSR count). The van der Waals surface area contributed by atoms with Gasteiger partial charge in [0.15, 0.2) is 0 Å². The molecule has 0 aliphatic heterocycles. The molecule has 3 aromatic rings. The highest BCUT2D eigenvalue weighted by Crippen LogP contribution is 2.31. The normalized spacial score (nSPS) is 11.2. The molecule has 0 atom stereocenters. The van der Waals surface area contributed by atoms with Gasteiger partial charge < -0.3 is 9.52 Å². The van der Waals surface area contributed by atoms with Crippen molar-refractivity contribution in [2.45, 2.75) is 0 Å². The molecule has 0 saturated heterocycles. The van der Waals surface area contributed by atoms with Crippen LogP contribution in [0.1, 0.15) is 21.7 Å². The third kappa shape index (κ3) is 3.51. The Hall–Kier alpha value is -3.36. The molecule has 4 nitrogen and oxygen atoms in total. The number of carboxylic acids is 1. The summed E-state index contributed by atoms with van der Waals surface area (Å²) in [4.78, 5) is 11.1. The number of nitriles is 1. The van der Waals surface area contributed by atoms with Crippen molar-refractivity contribution < 1.29 is 18.7 Å². The van der Waals surface area contributed by atoms with Gasteiger partial charge in [0.1, 0.15) is 17.3 Å². The lowest BCUT2D eigenvalue weighted by molar-refractivity contribution is 0.0697. The number of hydrogen-bond acceptors (Lipinski definition) is 3. The van der Waals surface area contributed by atoms with Gasteiger partial charge in [-0.05, 0) is 42.5 Å². The quantitative estimate of drug-likeness (QED) is 0.618. The fraction of sp³-hybridized carbons (Fsp3) is 0. The standard InChI is InChI=1S/C20H11ClFNO3/c21-17-7-5-12(20(24)25)10-16(17)19-8-6-14(26-19)9-13(11-23)15-3-1-2-4-18(15)22/h1-10H,(H,24,25)/b13-9-. The van der Waals surface area contributed by atoms with Crippen LogP contribution in [-0.2, 0) is 0 Å². The topological polar surface area (TPSA) is 74.2 Å². The first-order valence-corrected chi connectivity index (χ1v) is 7.87. The van der Waals surface area contributed by atoms with Gasteiger partial charge in [0.05, 0.1) is 22.2 Å². The summed E-state index contributed by atoms with van der Waals surface area (Å²) >= 11 is 6.12. The molecular formula is C20H11ClFNO3. The minimum absolute atomic E-state index is 0.0713. The van der Waals surface area contributed by atoms with Crippen LogP contribution in [0, 0.1) is 17.1 Å². The number of carbonyl (C=O) groups is 1. The second-order valence-corrected chi connectivity index (χ2v) is 5.76. The van der Waals surface area contributed by atoms with Crippen LogP contribution in [0.5, 0.6) is 0 Å². The molecule has 0 aliphatic rings. The molecule has 26 heavy (non-hydrogen) atoms. The van der Waals surface area contributed by atoms with Crippen molar-refractivity contribution in [1.82, 2.24) is 0 Å². The Labute approximate surface area is 153 Å². The van der Waals surface area contributed by atoms with Gasteiger partial charge in [-0.25, -0.2) is 9.18 Å². The highest BCUT2D eigenvalue weighted by molar-refractivity contribution is 6.33. The molecule has 0 saturated carbocycles. The Balaban J connectivity index is 2.01. The molecule has 0 amide bonds. The second kappa shape index (κ2) is 7.26. The average molecular weight is 368 g/mol. The molecule has 128 valence electrons. The molecule has 1 heterocycles. The Morgan fingerprint density at radius 3 is 2.65 bits per heavy atom. The van der Waals surface area contributed by atoms with Crippen LogP contribution in [0.4, 0.5) is 4.39 Å². The molecule has 0 spiro atoms. The van der Waals surface area contributed by atoms with Crippen molar-refractivity contribution in [3.8, 4) is 17.4 Å². The van der Waals surface area contributed by atoms with E-state index in [1.165, 1.54) is 42.5 Å². The van der Waals surface area contributed by atoms with Crippen molar-refractivity contribution in [2.24, 2.45) is 0 Å². The Bertz CT molecular complexity index is 1060. The highest BCUT2D eigenvalue weighted by atomic mass is 35.5. The van der Waals surface area contributed by atoms with E-state index >= 15 is 0 Å². The maximum absolute atomic E-state index is 13.9. The number of furan rings is 1. The summed E-state index contributed by atoms with van der Waals surface area (Å²) in [5, 5.41) is 18.7. The van der Waals surface area contributed by atoms with E-state index in [9.17, 15) is 14.4 Å². The van der Waals surface area contributed by atoms with Crippen molar-refractivity contribution in [1.29, 1.82) is 5.26 Å². The summed E-state index contributed by atoms with van der Waals surface area (Å²) in [7, 11) is 0. The fourth-order valence-electron chi connectivity index (χ4n) is 2.41. The summed E-state index contributed by atoms with van der Waals surface area (Å²) in [6, 6.07) is 15.4. The molecule has 0 fully saturated rings. The molecule has 0 aliphatic carbocycles. The zero-order valence-corrected chi connectivity index (χ0v) is 14.0. The number of hydrogen-bond donors (Lipinski definition) is 1. The van der Waals surface area contributed by atoms with Gasteiger partial charge in [-0.1, -0.05) is 29.8 Å². The summed E-state index contributed by atoms with van der Waals surface area (Å²) in [5.41, 5.74) is 0.755. The smallest absolute Gasteiger partial charge is 0.335 e. The molecule has 0 bridgehead atoms. The van der Waals surface area contributed by atoms with Gasteiger partial charge in [0.2, 0.25) is 0 Å². The number of nitrogens with zero attached hydrogens (tertiary/aromatic N) is 1. The van der Waals surface area contributed by atoms with Crippen LogP contribution < -0.4 is 0 Å². The minimum Gasteiger partial charge on any atom is -0.478 e. The molecule has 1 aromatic heterocycles. The summed E-state index contributed by atoms with van der Waals surface area (Å²) in [5.74, 6) is -0.933. The largest absolute Gasteiger partial charge is 0.478 e. The second-order valence-electron chi connectivity index (χ2n) is 5.35. The number of allylic oxidation sites excluding steroid dienone is 1. The van der Waals surface area contributed by atoms with Gasteiger partial charge in [-0.2, -0.15) is 5.26 Å². The summed E-state index contributed by atoms with van der Waals surface area (Å²) < 4.78 is 19.5. The molecule has 0 radical (unpaired) electrons. The summed E-state index contributed by atoms with van der Waals surface area (Å²) in [6.07, 6.45) is 1.41. The number of benzene rings is 2. The number of halogens is 2. The van der Waals surface area contributed by atoms with E-state index in [0.29, 0.717) is 22.1 Å². The van der Waals surface area contributed by atoms with Crippen LogP contribution in [0.25, 0.3) is 23.0 Å². The van der Waals surface area contributed by atoms with Gasteiger partial charge in [0, 0.05) is 11.1 Å². The first-order chi connectivity index (χ1) is 12.5. The van der Waals surface area contributed by atoms with E-state index in [1.807, 2.05) is 6.07 Å². The lowest BCUT2D eigenvalue weighted by Gasteiger charge is -2.03. The molecule has 2 aromatic carbocycles. The van der Waals surface area contributed by atoms with Gasteiger partial charge in [-0.3, -0.25) is 0 Å². The van der Waals surface area contributed by atoms with Crippen molar-refractivity contribution in [2.75, 3.05) is 0 Å². The third-order valence-corrected chi connectivity index (χ3v) is 4.01. The Morgan fingerprint density at radius 2 is 1.96 bits per heavy atom. The van der Waals surface area contributed by atoms with Crippen LogP contribution in [0.2, 0.25) is 5.02 Å². The van der Waals surface area contributed by atoms with Crippen LogP contribution in [0.15, 0.2) is 59.0 Å². The van der Waals surface area contributed by atoms with E-state index in [0.717, 1.165) is 0 Å². The van der Waals surface area contributed by atoms with E-state index in [-0.39, 0.29) is 16.7 Å². The predicted octanol–water partition coefficient (Wildman–Crippen LogP) is 5.50. The zero-order valence-electron chi connectivity index (χ0n) is 13.2. The van der Waals surface area contributed by atoms with Crippen LogP contribution in [-0.4, -0.2) is 11.1 Å². The van der Waals surface area contributed by atoms with E-state index < -0.39 is 11.8 Å². The lowest BCUT2D eigenvalue weighted by atomic mass is 10.1. The molecule has 0 unspecified atom stereocenters. The van der Waals surface area contributed by atoms with E-state index in [1.54, 1.807) is 18.2 Å². The molecule has 6 heteroatoms. The summed E-state index contributed by atoms with van der Waals surface area (Å²) in [6.45, 7) is 0. The van der Waals surface area contributed by atoms with Crippen molar-refractivity contribution >= 4 is 29.2 Å². The van der Waals surface area contributed by atoms with Crippen LogP contribution >= 0.6 is 11.6 Å². The molecule has 1 N–H and O–H groups in total. The minimum atomic E-state index is -1.08. The molecular weight excluding hydrogens is 357 g/mol. The van der Waals surface area contributed by atoms with E-state index in [2.05, 4.69) is 0 Å².